The maximum atomic E-state index is 12.1. The molecule has 0 bridgehead atoms. The molecule has 4 nitrogen and oxygen atoms in total. The minimum absolute atomic E-state index is 0.0149. The highest BCUT2D eigenvalue weighted by molar-refractivity contribution is 6.30. The van der Waals surface area contributed by atoms with Crippen molar-refractivity contribution in [1.82, 2.24) is 14.5 Å². The number of carbonyl (C=O) groups is 1. The number of Topliss-reactive ketones (excluding diaryl/α,β-unsaturated/α-hetero) is 1. The Balaban J connectivity index is 1.68. The van der Waals surface area contributed by atoms with Gasteiger partial charge in [-0.05, 0) is 29.8 Å². The zero-order chi connectivity index (χ0) is 15.4. The van der Waals surface area contributed by atoms with Gasteiger partial charge in [-0.1, -0.05) is 23.7 Å². The van der Waals surface area contributed by atoms with Crippen LogP contribution in [0.2, 0.25) is 5.02 Å². The molecule has 2 aromatic heterocycles. The SMILES string of the molecule is O=C(Cc1cn(Cc2cccc(Cl)c2)cn1)c1cccnc1. The van der Waals surface area contributed by atoms with Gasteiger partial charge in [-0.2, -0.15) is 0 Å². The summed E-state index contributed by atoms with van der Waals surface area (Å²) in [6.07, 6.45) is 7.11. The van der Waals surface area contributed by atoms with Crippen LogP contribution < -0.4 is 0 Å². The van der Waals surface area contributed by atoms with Gasteiger partial charge < -0.3 is 4.57 Å². The minimum atomic E-state index is 0.0149. The van der Waals surface area contributed by atoms with Crippen LogP contribution in [0.3, 0.4) is 0 Å². The van der Waals surface area contributed by atoms with E-state index in [4.69, 9.17) is 11.6 Å². The van der Waals surface area contributed by atoms with E-state index in [9.17, 15) is 4.79 Å². The molecule has 2 heterocycles. The van der Waals surface area contributed by atoms with E-state index in [2.05, 4.69) is 9.97 Å². The maximum absolute atomic E-state index is 12.1. The summed E-state index contributed by atoms with van der Waals surface area (Å²) in [5.41, 5.74) is 2.44. The minimum Gasteiger partial charge on any atom is -0.333 e. The van der Waals surface area contributed by atoms with Crippen LogP contribution in [0.4, 0.5) is 0 Å². The van der Waals surface area contributed by atoms with Crippen molar-refractivity contribution in [2.45, 2.75) is 13.0 Å². The second-order valence-electron chi connectivity index (χ2n) is 5.01. The Labute approximate surface area is 133 Å². The van der Waals surface area contributed by atoms with E-state index in [1.54, 1.807) is 30.9 Å². The lowest BCUT2D eigenvalue weighted by Gasteiger charge is -2.02. The van der Waals surface area contributed by atoms with E-state index in [-0.39, 0.29) is 12.2 Å². The molecule has 0 aliphatic heterocycles. The monoisotopic (exact) mass is 311 g/mol. The highest BCUT2D eigenvalue weighted by Gasteiger charge is 2.09. The fourth-order valence-electron chi connectivity index (χ4n) is 2.22. The molecule has 1 aromatic carbocycles. The zero-order valence-electron chi connectivity index (χ0n) is 11.8. The molecule has 0 spiro atoms. The van der Waals surface area contributed by atoms with Crippen molar-refractivity contribution in [3.05, 3.63) is 83.2 Å². The van der Waals surface area contributed by atoms with Crippen LogP contribution in [-0.2, 0) is 13.0 Å². The molecule has 0 saturated heterocycles. The second-order valence-corrected chi connectivity index (χ2v) is 5.45. The van der Waals surface area contributed by atoms with E-state index < -0.39 is 0 Å². The summed E-state index contributed by atoms with van der Waals surface area (Å²) in [7, 11) is 0. The molecular weight excluding hydrogens is 298 g/mol. The number of pyridine rings is 1. The Morgan fingerprint density at radius 2 is 2.14 bits per heavy atom. The third-order valence-corrected chi connectivity index (χ3v) is 3.50. The van der Waals surface area contributed by atoms with Crippen molar-refractivity contribution in [3.8, 4) is 0 Å². The second kappa shape index (κ2) is 6.54. The summed E-state index contributed by atoms with van der Waals surface area (Å²) < 4.78 is 1.94. The maximum Gasteiger partial charge on any atom is 0.170 e. The topological polar surface area (TPSA) is 47.8 Å². The molecule has 5 heteroatoms. The molecule has 0 unspecified atom stereocenters. The first-order valence-corrected chi connectivity index (χ1v) is 7.27. The van der Waals surface area contributed by atoms with Crippen molar-refractivity contribution in [3.63, 3.8) is 0 Å². The van der Waals surface area contributed by atoms with Gasteiger partial charge in [0.05, 0.1) is 18.4 Å². The van der Waals surface area contributed by atoms with E-state index in [0.717, 1.165) is 11.3 Å². The van der Waals surface area contributed by atoms with Gasteiger partial charge in [-0.3, -0.25) is 9.78 Å². The largest absolute Gasteiger partial charge is 0.333 e. The molecule has 0 atom stereocenters. The molecule has 0 fully saturated rings. The lowest BCUT2D eigenvalue weighted by molar-refractivity contribution is 0.0991. The first-order chi connectivity index (χ1) is 10.7. The molecule has 0 N–H and O–H groups in total. The summed E-state index contributed by atoms with van der Waals surface area (Å²) in [4.78, 5) is 20.4. The lowest BCUT2D eigenvalue weighted by atomic mass is 10.1. The van der Waals surface area contributed by atoms with Gasteiger partial charge in [-0.25, -0.2) is 4.98 Å². The number of benzene rings is 1. The fraction of sp³-hybridized carbons (Fsp3) is 0.118. The standard InChI is InChI=1S/C17H14ClN3O/c18-15-5-1-3-13(7-15)10-21-11-16(20-12-21)8-17(22)14-4-2-6-19-9-14/h1-7,9,11-12H,8,10H2. The number of nitrogens with zero attached hydrogens (tertiary/aromatic N) is 3. The molecule has 0 aliphatic rings. The zero-order valence-corrected chi connectivity index (χ0v) is 12.6. The lowest BCUT2D eigenvalue weighted by Crippen LogP contribution is -2.04. The average Bonchev–Trinajstić information content (AvgIpc) is 2.95. The van der Waals surface area contributed by atoms with Gasteiger partial charge >= 0.3 is 0 Å². The van der Waals surface area contributed by atoms with Gasteiger partial charge in [0.15, 0.2) is 5.78 Å². The number of rotatable bonds is 5. The number of carbonyl (C=O) groups excluding carboxylic acids is 1. The Morgan fingerprint density at radius 1 is 1.23 bits per heavy atom. The van der Waals surface area contributed by atoms with Crippen molar-refractivity contribution < 1.29 is 4.79 Å². The Hall–Kier alpha value is -2.46. The van der Waals surface area contributed by atoms with Gasteiger partial charge in [-0.15, -0.1) is 0 Å². The number of halogens is 1. The predicted molar refractivity (Wildman–Crippen MR) is 85.1 cm³/mol. The van der Waals surface area contributed by atoms with Crippen LogP contribution in [-0.4, -0.2) is 20.3 Å². The fourth-order valence-corrected chi connectivity index (χ4v) is 2.44. The molecular formula is C17H14ClN3O. The van der Waals surface area contributed by atoms with Gasteiger partial charge in [0.1, 0.15) is 0 Å². The molecule has 0 saturated carbocycles. The van der Waals surface area contributed by atoms with E-state index in [1.165, 1.54) is 0 Å². The molecule has 22 heavy (non-hydrogen) atoms. The number of imidazole rings is 1. The highest BCUT2D eigenvalue weighted by Crippen LogP contribution is 2.12. The molecule has 0 aliphatic carbocycles. The van der Waals surface area contributed by atoms with Crippen LogP contribution in [0.1, 0.15) is 21.6 Å². The highest BCUT2D eigenvalue weighted by atomic mass is 35.5. The molecule has 0 radical (unpaired) electrons. The predicted octanol–water partition coefficient (Wildman–Crippen LogP) is 3.41. The van der Waals surface area contributed by atoms with Crippen molar-refractivity contribution >= 4 is 17.4 Å². The van der Waals surface area contributed by atoms with Crippen LogP contribution in [0.15, 0.2) is 61.3 Å². The Bertz CT molecular complexity index is 783. The van der Waals surface area contributed by atoms with Crippen LogP contribution in [0, 0.1) is 0 Å². The molecule has 110 valence electrons. The Kier molecular flexibility index (Phi) is 4.30. The quantitative estimate of drug-likeness (QED) is 0.678. The average molecular weight is 312 g/mol. The van der Waals surface area contributed by atoms with Crippen molar-refractivity contribution in [1.29, 1.82) is 0 Å². The Morgan fingerprint density at radius 3 is 2.91 bits per heavy atom. The van der Waals surface area contributed by atoms with E-state index in [1.807, 2.05) is 35.0 Å². The molecule has 0 amide bonds. The van der Waals surface area contributed by atoms with Gasteiger partial charge in [0.2, 0.25) is 0 Å². The number of hydrogen-bond acceptors (Lipinski definition) is 3. The summed E-state index contributed by atoms with van der Waals surface area (Å²) in [6, 6.07) is 11.2. The summed E-state index contributed by atoms with van der Waals surface area (Å²) in [5.74, 6) is 0.0149. The summed E-state index contributed by atoms with van der Waals surface area (Å²) in [6.45, 7) is 0.675. The normalized spacial score (nSPS) is 10.6. The number of aromatic nitrogens is 3. The van der Waals surface area contributed by atoms with Gasteiger partial charge in [0, 0.05) is 35.7 Å². The first-order valence-electron chi connectivity index (χ1n) is 6.89. The van der Waals surface area contributed by atoms with Gasteiger partial charge in [0.25, 0.3) is 0 Å². The van der Waals surface area contributed by atoms with Crippen molar-refractivity contribution in [2.24, 2.45) is 0 Å². The summed E-state index contributed by atoms with van der Waals surface area (Å²) in [5, 5.41) is 0.713. The van der Waals surface area contributed by atoms with Crippen LogP contribution in [0.5, 0.6) is 0 Å². The third kappa shape index (κ3) is 3.59. The summed E-state index contributed by atoms with van der Waals surface area (Å²) >= 11 is 5.98. The van der Waals surface area contributed by atoms with Crippen LogP contribution in [0.25, 0.3) is 0 Å². The smallest absolute Gasteiger partial charge is 0.170 e. The first kappa shape index (κ1) is 14.5. The number of hydrogen-bond donors (Lipinski definition) is 0. The molecule has 3 aromatic rings. The third-order valence-electron chi connectivity index (χ3n) is 3.27. The van der Waals surface area contributed by atoms with Crippen LogP contribution >= 0.6 is 11.6 Å². The van der Waals surface area contributed by atoms with E-state index in [0.29, 0.717) is 17.1 Å². The van der Waals surface area contributed by atoms with Crippen molar-refractivity contribution in [2.75, 3.05) is 0 Å². The number of ketones is 1. The molecule has 3 rings (SSSR count). The van der Waals surface area contributed by atoms with E-state index >= 15 is 0 Å².